The molecule has 0 saturated carbocycles. The van der Waals surface area contributed by atoms with Gasteiger partial charge in [0.2, 0.25) is 0 Å². The third kappa shape index (κ3) is 15.9. The summed E-state index contributed by atoms with van der Waals surface area (Å²) >= 11 is 0. The maximum Gasteiger partial charge on any atom is 0.00387 e. The fourth-order valence-electron chi connectivity index (χ4n) is 2.49. The van der Waals surface area contributed by atoms with Crippen LogP contribution in [0, 0.1) is 11.8 Å². The Morgan fingerprint density at radius 3 is 1.63 bits per heavy atom. The van der Waals surface area contributed by atoms with Gasteiger partial charge in [0.05, 0.1) is 0 Å². The summed E-state index contributed by atoms with van der Waals surface area (Å²) < 4.78 is 0. The van der Waals surface area contributed by atoms with Gasteiger partial charge in [-0.1, -0.05) is 66.2 Å². The minimum atomic E-state index is 0.711. The first kappa shape index (κ1) is 19.0. The first-order valence-electron chi connectivity index (χ1n) is 8.75. The molecule has 0 radical (unpaired) electrons. The molecule has 0 saturated heterocycles. The van der Waals surface area contributed by atoms with Crippen molar-refractivity contribution in [1.29, 1.82) is 0 Å². The van der Waals surface area contributed by atoms with E-state index in [0.29, 0.717) is 6.04 Å². The van der Waals surface area contributed by atoms with E-state index in [2.05, 4.69) is 39.9 Å². The van der Waals surface area contributed by atoms with E-state index in [0.717, 1.165) is 11.8 Å². The van der Waals surface area contributed by atoms with Gasteiger partial charge in [-0.25, -0.2) is 0 Å². The van der Waals surface area contributed by atoms with Crippen molar-refractivity contribution in [2.75, 3.05) is 6.54 Å². The Morgan fingerprint density at radius 2 is 1.05 bits per heavy atom. The number of hydrogen-bond acceptors (Lipinski definition) is 1. The first-order valence-corrected chi connectivity index (χ1v) is 8.75. The number of rotatable bonds is 13. The molecule has 0 rings (SSSR count). The van der Waals surface area contributed by atoms with Gasteiger partial charge in [0.1, 0.15) is 0 Å². The predicted molar refractivity (Wildman–Crippen MR) is 88.7 cm³/mol. The molecule has 0 aliphatic heterocycles. The third-order valence-corrected chi connectivity index (χ3v) is 3.87. The summed E-state index contributed by atoms with van der Waals surface area (Å²) in [7, 11) is 0. The largest absolute Gasteiger partial charge is 0.314 e. The van der Waals surface area contributed by atoms with Crippen LogP contribution in [0.25, 0.3) is 0 Å². The normalized spacial score (nSPS) is 13.4. The molecule has 1 N–H and O–H groups in total. The Kier molecular flexibility index (Phi) is 12.9. The summed E-state index contributed by atoms with van der Waals surface area (Å²) in [6.07, 6.45) is 12.6. The summed E-state index contributed by atoms with van der Waals surface area (Å²) in [5, 5.41) is 3.65. The lowest BCUT2D eigenvalue weighted by atomic mass is 10.0. The molecule has 116 valence electrons. The molecule has 0 aliphatic carbocycles. The summed E-state index contributed by atoms with van der Waals surface area (Å²) in [5.74, 6) is 1.73. The molecular formula is C18H39N. The van der Waals surface area contributed by atoms with E-state index in [1.807, 2.05) is 0 Å². The van der Waals surface area contributed by atoms with E-state index in [4.69, 9.17) is 0 Å². The van der Waals surface area contributed by atoms with Crippen LogP contribution in [-0.4, -0.2) is 12.6 Å². The van der Waals surface area contributed by atoms with Crippen molar-refractivity contribution >= 4 is 0 Å². The molecular weight excluding hydrogens is 230 g/mol. The summed E-state index contributed by atoms with van der Waals surface area (Å²) in [5.41, 5.74) is 0. The van der Waals surface area contributed by atoms with Crippen LogP contribution in [0.1, 0.15) is 92.4 Å². The number of unbranched alkanes of at least 4 members (excludes halogenated alkanes) is 4. The Labute approximate surface area is 122 Å². The fourth-order valence-corrected chi connectivity index (χ4v) is 2.49. The Morgan fingerprint density at radius 1 is 0.579 bits per heavy atom. The molecule has 0 bridgehead atoms. The molecule has 1 heteroatoms. The van der Waals surface area contributed by atoms with Crippen molar-refractivity contribution in [3.05, 3.63) is 0 Å². The van der Waals surface area contributed by atoms with E-state index in [9.17, 15) is 0 Å². The van der Waals surface area contributed by atoms with Crippen LogP contribution in [0.5, 0.6) is 0 Å². The Balaban J connectivity index is 3.18. The molecule has 0 amide bonds. The van der Waals surface area contributed by atoms with E-state index in [1.165, 1.54) is 64.3 Å². The summed E-state index contributed by atoms with van der Waals surface area (Å²) in [4.78, 5) is 0. The second-order valence-electron chi connectivity index (χ2n) is 7.13. The van der Waals surface area contributed by atoms with Gasteiger partial charge in [-0.15, -0.1) is 0 Å². The van der Waals surface area contributed by atoms with Crippen LogP contribution in [-0.2, 0) is 0 Å². The summed E-state index contributed by atoms with van der Waals surface area (Å²) in [6.45, 7) is 12.8. The SMILES string of the molecule is CC(C)CCCCCCCC(C)NCCCC(C)C. The second kappa shape index (κ2) is 13.0. The lowest BCUT2D eigenvalue weighted by Gasteiger charge is -2.14. The molecule has 1 unspecified atom stereocenters. The minimum absolute atomic E-state index is 0.711. The van der Waals surface area contributed by atoms with Crippen LogP contribution in [0.2, 0.25) is 0 Å². The molecule has 0 aliphatic rings. The topological polar surface area (TPSA) is 12.0 Å². The summed E-state index contributed by atoms with van der Waals surface area (Å²) in [6, 6.07) is 0.711. The minimum Gasteiger partial charge on any atom is -0.314 e. The number of nitrogens with one attached hydrogen (secondary N) is 1. The second-order valence-corrected chi connectivity index (χ2v) is 7.13. The zero-order chi connectivity index (χ0) is 14.5. The van der Waals surface area contributed by atoms with Gasteiger partial charge in [0.25, 0.3) is 0 Å². The van der Waals surface area contributed by atoms with Crippen molar-refractivity contribution < 1.29 is 0 Å². The van der Waals surface area contributed by atoms with Crippen LogP contribution in [0.3, 0.4) is 0 Å². The van der Waals surface area contributed by atoms with Crippen LogP contribution >= 0.6 is 0 Å². The zero-order valence-electron chi connectivity index (χ0n) is 14.3. The standard InChI is InChI=1S/C18H39N/c1-16(2)12-9-7-6-8-10-14-18(5)19-15-11-13-17(3)4/h16-19H,6-15H2,1-5H3. The Hall–Kier alpha value is -0.0400. The predicted octanol–water partition coefficient (Wildman–Crippen LogP) is 5.79. The highest BCUT2D eigenvalue weighted by atomic mass is 14.9. The quantitative estimate of drug-likeness (QED) is 0.417. The molecule has 0 fully saturated rings. The molecule has 19 heavy (non-hydrogen) atoms. The highest BCUT2D eigenvalue weighted by Crippen LogP contribution is 2.12. The van der Waals surface area contributed by atoms with E-state index in [1.54, 1.807) is 0 Å². The van der Waals surface area contributed by atoms with Gasteiger partial charge >= 0.3 is 0 Å². The molecule has 0 aromatic rings. The molecule has 0 aromatic carbocycles. The number of hydrogen-bond donors (Lipinski definition) is 1. The van der Waals surface area contributed by atoms with Gasteiger partial charge in [0, 0.05) is 6.04 Å². The van der Waals surface area contributed by atoms with Crippen molar-refractivity contribution in [3.8, 4) is 0 Å². The Bertz CT molecular complexity index is 175. The van der Waals surface area contributed by atoms with Crippen molar-refractivity contribution in [2.24, 2.45) is 11.8 Å². The van der Waals surface area contributed by atoms with Crippen molar-refractivity contribution in [1.82, 2.24) is 5.32 Å². The highest BCUT2D eigenvalue weighted by molar-refractivity contribution is 4.61. The van der Waals surface area contributed by atoms with Gasteiger partial charge in [0.15, 0.2) is 0 Å². The monoisotopic (exact) mass is 269 g/mol. The van der Waals surface area contributed by atoms with E-state index < -0.39 is 0 Å². The molecule has 1 atom stereocenters. The van der Waals surface area contributed by atoms with Crippen LogP contribution < -0.4 is 5.32 Å². The maximum absolute atomic E-state index is 3.65. The van der Waals surface area contributed by atoms with Gasteiger partial charge in [-0.3, -0.25) is 0 Å². The molecule has 0 aromatic heterocycles. The maximum atomic E-state index is 3.65. The van der Waals surface area contributed by atoms with Gasteiger partial charge in [-0.05, 0) is 44.6 Å². The lowest BCUT2D eigenvalue weighted by Crippen LogP contribution is -2.27. The average molecular weight is 270 g/mol. The van der Waals surface area contributed by atoms with E-state index >= 15 is 0 Å². The molecule has 0 heterocycles. The first-order chi connectivity index (χ1) is 9.02. The van der Waals surface area contributed by atoms with Gasteiger partial charge in [-0.2, -0.15) is 0 Å². The van der Waals surface area contributed by atoms with Crippen LogP contribution in [0.4, 0.5) is 0 Å². The average Bonchev–Trinajstić information content (AvgIpc) is 2.33. The molecule has 1 nitrogen and oxygen atoms in total. The van der Waals surface area contributed by atoms with Gasteiger partial charge < -0.3 is 5.32 Å². The van der Waals surface area contributed by atoms with Crippen molar-refractivity contribution in [3.63, 3.8) is 0 Å². The highest BCUT2D eigenvalue weighted by Gasteiger charge is 2.01. The zero-order valence-corrected chi connectivity index (χ0v) is 14.3. The van der Waals surface area contributed by atoms with Crippen molar-refractivity contribution in [2.45, 2.75) is 98.4 Å². The third-order valence-electron chi connectivity index (χ3n) is 3.87. The lowest BCUT2D eigenvalue weighted by molar-refractivity contribution is 0.450. The fraction of sp³-hybridized carbons (Fsp3) is 1.00. The molecule has 0 spiro atoms. The van der Waals surface area contributed by atoms with Crippen LogP contribution in [0.15, 0.2) is 0 Å². The van der Waals surface area contributed by atoms with E-state index in [-0.39, 0.29) is 0 Å². The smallest absolute Gasteiger partial charge is 0.00387 e.